The summed E-state index contributed by atoms with van der Waals surface area (Å²) in [7, 11) is -2.62. The lowest BCUT2D eigenvalue weighted by atomic mass is 10.2. The van der Waals surface area contributed by atoms with Crippen LogP contribution in [0.4, 0.5) is 4.48 Å². The van der Waals surface area contributed by atoms with Crippen molar-refractivity contribution in [2.75, 3.05) is 7.11 Å². The van der Waals surface area contributed by atoms with Gasteiger partial charge in [-0.05, 0) is 35.9 Å². The Morgan fingerprint density at radius 3 is 2.24 bits per heavy atom. The first-order chi connectivity index (χ1) is 10.0. The molecule has 0 unspecified atom stereocenters. The molecule has 0 spiro atoms. The number of hydrogen-bond donors (Lipinski definition) is 0. The Kier molecular flexibility index (Phi) is 4.59. The topological polar surface area (TPSA) is 46.6 Å². The molecule has 21 heavy (non-hydrogen) atoms. The highest BCUT2D eigenvalue weighted by Crippen LogP contribution is 2.17. The first kappa shape index (κ1) is 15.1. The van der Waals surface area contributed by atoms with Crippen LogP contribution in [0.3, 0.4) is 0 Å². The number of benzene rings is 2. The molecule has 0 amide bonds. The van der Waals surface area contributed by atoms with E-state index >= 15 is 0 Å². The smallest absolute Gasteiger partial charge is 0.290 e. The van der Waals surface area contributed by atoms with Crippen molar-refractivity contribution in [2.45, 2.75) is 4.90 Å². The predicted octanol–water partition coefficient (Wildman–Crippen LogP) is 3.24. The van der Waals surface area contributed by atoms with Gasteiger partial charge in [0.15, 0.2) is 0 Å². The van der Waals surface area contributed by atoms with Crippen LogP contribution in [0, 0.1) is 0 Å². The molecular weight excluding hydrogens is 293 g/mol. The maximum Gasteiger partial charge on any atom is 0.290 e. The predicted molar refractivity (Wildman–Crippen MR) is 78.6 cm³/mol. The summed E-state index contributed by atoms with van der Waals surface area (Å²) in [5, 5.41) is 0. The van der Waals surface area contributed by atoms with Gasteiger partial charge in [-0.25, -0.2) is 0 Å². The highest BCUT2D eigenvalue weighted by Gasteiger charge is 2.20. The molecule has 0 aliphatic rings. The van der Waals surface area contributed by atoms with Crippen LogP contribution in [0.2, 0.25) is 0 Å². The van der Waals surface area contributed by atoms with E-state index in [0.717, 1.165) is 6.20 Å². The van der Waals surface area contributed by atoms with E-state index in [1.807, 2.05) is 0 Å². The molecule has 0 fully saturated rings. The van der Waals surface area contributed by atoms with Crippen molar-refractivity contribution in [3.05, 3.63) is 66.4 Å². The number of halogens is 1. The van der Waals surface area contributed by atoms with E-state index in [1.54, 1.807) is 37.4 Å². The van der Waals surface area contributed by atoms with Gasteiger partial charge >= 0.3 is 0 Å². The molecule has 0 heterocycles. The number of ether oxygens (including phenoxy) is 1. The molecule has 6 heteroatoms. The number of nitrogens with zero attached hydrogens (tertiary/aromatic N) is 1. The average Bonchev–Trinajstić information content (AvgIpc) is 2.53. The van der Waals surface area contributed by atoms with Gasteiger partial charge in [0, 0.05) is 0 Å². The lowest BCUT2D eigenvalue weighted by molar-refractivity contribution is 0.209. The average molecular weight is 307 g/mol. The van der Waals surface area contributed by atoms with Gasteiger partial charge in [-0.15, -0.1) is 4.53 Å². The minimum absolute atomic E-state index is 0.105. The first-order valence-corrected chi connectivity index (χ1v) is 7.55. The molecule has 0 saturated heterocycles. The Hall–Kier alpha value is -2.34. The van der Waals surface area contributed by atoms with E-state index in [9.17, 15) is 12.9 Å². The summed E-state index contributed by atoms with van der Waals surface area (Å²) >= 11 is 0. The van der Waals surface area contributed by atoms with E-state index in [0.29, 0.717) is 11.3 Å². The summed E-state index contributed by atoms with van der Waals surface area (Å²) in [6, 6.07) is 14.2. The largest absolute Gasteiger partial charge is 0.497 e. The molecule has 2 aromatic rings. The van der Waals surface area contributed by atoms with E-state index < -0.39 is 10.0 Å². The normalized spacial score (nSPS) is 11.5. The summed E-state index contributed by atoms with van der Waals surface area (Å²) in [6.45, 7) is 0. The van der Waals surface area contributed by atoms with E-state index in [-0.39, 0.29) is 9.42 Å². The highest BCUT2D eigenvalue weighted by atomic mass is 32.2. The van der Waals surface area contributed by atoms with E-state index in [4.69, 9.17) is 4.74 Å². The zero-order valence-electron chi connectivity index (χ0n) is 11.3. The second kappa shape index (κ2) is 6.41. The first-order valence-electron chi connectivity index (χ1n) is 6.11. The number of rotatable bonds is 5. The second-order valence-corrected chi connectivity index (χ2v) is 5.92. The SMILES string of the molecule is COc1ccc(C=CN(F)S(=O)(=O)c2ccccc2)cc1. The van der Waals surface area contributed by atoms with Crippen molar-refractivity contribution in [1.29, 1.82) is 0 Å². The minimum atomic E-state index is -4.17. The molecule has 0 aromatic heterocycles. The van der Waals surface area contributed by atoms with E-state index in [2.05, 4.69) is 0 Å². The minimum Gasteiger partial charge on any atom is -0.497 e. The third-order valence-corrected chi connectivity index (χ3v) is 4.22. The fourth-order valence-corrected chi connectivity index (χ4v) is 2.56. The van der Waals surface area contributed by atoms with Gasteiger partial charge in [-0.2, -0.15) is 8.42 Å². The molecule has 0 aliphatic heterocycles. The molecule has 0 radical (unpaired) electrons. The van der Waals surface area contributed by atoms with Gasteiger partial charge in [-0.3, -0.25) is 0 Å². The van der Waals surface area contributed by atoms with Gasteiger partial charge in [0.25, 0.3) is 10.0 Å². The third kappa shape index (κ3) is 3.61. The lowest BCUT2D eigenvalue weighted by Crippen LogP contribution is -2.17. The summed E-state index contributed by atoms with van der Waals surface area (Å²) < 4.78 is 42.4. The van der Waals surface area contributed by atoms with Crippen LogP contribution in [0.15, 0.2) is 65.7 Å². The molecule has 0 bridgehead atoms. The van der Waals surface area contributed by atoms with Crippen LogP contribution in [0.25, 0.3) is 6.08 Å². The van der Waals surface area contributed by atoms with Crippen molar-refractivity contribution in [3.8, 4) is 5.75 Å². The maximum atomic E-state index is 13.8. The highest BCUT2D eigenvalue weighted by molar-refractivity contribution is 7.89. The van der Waals surface area contributed by atoms with Crippen LogP contribution in [-0.2, 0) is 10.0 Å². The Balaban J connectivity index is 2.16. The summed E-state index contributed by atoms with van der Waals surface area (Å²) in [5.74, 6) is 0.668. The van der Waals surface area contributed by atoms with Crippen LogP contribution < -0.4 is 4.74 Å². The maximum absolute atomic E-state index is 13.8. The fraction of sp³-hybridized carbons (Fsp3) is 0.0667. The quantitative estimate of drug-likeness (QED) is 0.797. The summed E-state index contributed by atoms with van der Waals surface area (Å²) in [4.78, 5) is -0.105. The molecule has 0 N–H and O–H groups in total. The Labute approximate surface area is 123 Å². The second-order valence-electron chi connectivity index (χ2n) is 4.15. The molecule has 0 aliphatic carbocycles. The zero-order valence-corrected chi connectivity index (χ0v) is 12.1. The van der Waals surface area contributed by atoms with Gasteiger partial charge in [0.1, 0.15) is 5.75 Å². The molecule has 2 rings (SSSR count). The Bertz CT molecular complexity index is 712. The van der Waals surface area contributed by atoms with Gasteiger partial charge < -0.3 is 4.74 Å². The van der Waals surface area contributed by atoms with Crippen molar-refractivity contribution in [2.24, 2.45) is 0 Å². The Morgan fingerprint density at radius 1 is 1.05 bits per heavy atom. The van der Waals surface area contributed by atoms with Crippen LogP contribution in [-0.4, -0.2) is 20.1 Å². The number of hydrogen-bond acceptors (Lipinski definition) is 3. The Morgan fingerprint density at radius 2 is 1.67 bits per heavy atom. The summed E-state index contributed by atoms with van der Waals surface area (Å²) in [5.41, 5.74) is 0.654. The molecular formula is C15H14FNO3S. The fourth-order valence-electron chi connectivity index (χ4n) is 1.63. The van der Waals surface area contributed by atoms with Gasteiger partial charge in [0.05, 0.1) is 18.2 Å². The monoisotopic (exact) mass is 307 g/mol. The van der Waals surface area contributed by atoms with Crippen LogP contribution in [0.1, 0.15) is 5.56 Å². The zero-order chi connectivity index (χ0) is 15.3. The number of methoxy groups -OCH3 is 1. The van der Waals surface area contributed by atoms with E-state index in [1.165, 1.54) is 30.3 Å². The van der Waals surface area contributed by atoms with Crippen molar-refractivity contribution in [3.63, 3.8) is 0 Å². The van der Waals surface area contributed by atoms with Gasteiger partial charge in [-0.1, -0.05) is 34.8 Å². The molecule has 0 saturated carbocycles. The third-order valence-electron chi connectivity index (χ3n) is 2.77. The number of sulfonamides is 1. The molecule has 0 atom stereocenters. The van der Waals surface area contributed by atoms with Crippen LogP contribution in [0.5, 0.6) is 5.75 Å². The molecule has 2 aromatic carbocycles. The molecule has 4 nitrogen and oxygen atoms in total. The summed E-state index contributed by atoms with van der Waals surface area (Å²) in [6.07, 6.45) is 2.23. The van der Waals surface area contributed by atoms with Gasteiger partial charge in [0.2, 0.25) is 0 Å². The van der Waals surface area contributed by atoms with Crippen LogP contribution >= 0.6 is 0 Å². The lowest BCUT2D eigenvalue weighted by Gasteiger charge is -2.09. The van der Waals surface area contributed by atoms with Crippen molar-refractivity contribution >= 4 is 16.1 Å². The molecule has 110 valence electrons. The van der Waals surface area contributed by atoms with Crippen molar-refractivity contribution in [1.82, 2.24) is 4.53 Å². The standard InChI is InChI=1S/C15H14FNO3S/c1-20-14-9-7-13(8-10-14)11-12-17(16)21(18,19)15-5-3-2-4-6-15/h2-12H,1H3. The van der Waals surface area contributed by atoms with Crippen molar-refractivity contribution < 1.29 is 17.6 Å².